The molecule has 20 heavy (non-hydrogen) atoms. The highest BCUT2D eigenvalue weighted by Crippen LogP contribution is 2.40. The van der Waals surface area contributed by atoms with Crippen LogP contribution in [0.1, 0.15) is 43.8 Å². The third-order valence-electron chi connectivity index (χ3n) is 4.17. The van der Waals surface area contributed by atoms with E-state index in [2.05, 4.69) is 61.8 Å². The molecule has 1 atom stereocenters. The van der Waals surface area contributed by atoms with Gasteiger partial charge in [0.1, 0.15) is 0 Å². The van der Waals surface area contributed by atoms with Gasteiger partial charge in [-0.2, -0.15) is 0 Å². The van der Waals surface area contributed by atoms with E-state index in [0.717, 1.165) is 16.1 Å². The third kappa shape index (κ3) is 2.66. The molecule has 0 saturated heterocycles. The molecule has 0 aliphatic carbocycles. The topological polar surface area (TPSA) is 0 Å². The SMILES string of the molecule is Cc1cc(C)c(C)c(C(Br)c2cccc(C)c2Cl)c1C. The van der Waals surface area contributed by atoms with Gasteiger partial charge in [-0.15, -0.1) is 0 Å². The van der Waals surface area contributed by atoms with Crippen molar-refractivity contribution in [3.63, 3.8) is 0 Å². The van der Waals surface area contributed by atoms with Gasteiger partial charge in [0, 0.05) is 5.02 Å². The van der Waals surface area contributed by atoms with Crippen molar-refractivity contribution in [1.82, 2.24) is 0 Å². The number of halogens is 2. The van der Waals surface area contributed by atoms with Crippen molar-refractivity contribution < 1.29 is 0 Å². The van der Waals surface area contributed by atoms with Gasteiger partial charge in [0.2, 0.25) is 0 Å². The standard InChI is InChI=1S/C18H20BrCl/c1-10-7-6-8-15(18(10)20)17(19)16-13(4)11(2)9-12(3)14(16)5/h6-9,17H,1-5H3. The molecule has 2 aromatic carbocycles. The number of aryl methyl sites for hydroxylation is 3. The van der Waals surface area contributed by atoms with E-state index in [1.54, 1.807) is 0 Å². The van der Waals surface area contributed by atoms with Crippen LogP contribution in [0.2, 0.25) is 5.02 Å². The maximum absolute atomic E-state index is 6.49. The van der Waals surface area contributed by atoms with E-state index in [1.165, 1.54) is 27.8 Å². The second-order valence-electron chi connectivity index (χ2n) is 5.51. The average molecular weight is 352 g/mol. The molecule has 0 heterocycles. The van der Waals surface area contributed by atoms with Crippen LogP contribution in [-0.2, 0) is 0 Å². The Morgan fingerprint density at radius 2 is 1.45 bits per heavy atom. The molecule has 0 fully saturated rings. The Labute approximate surface area is 135 Å². The molecule has 0 aliphatic heterocycles. The van der Waals surface area contributed by atoms with Crippen LogP contribution < -0.4 is 0 Å². The minimum absolute atomic E-state index is 0.133. The van der Waals surface area contributed by atoms with Crippen molar-refractivity contribution in [1.29, 1.82) is 0 Å². The second kappa shape index (κ2) is 5.91. The number of alkyl halides is 1. The molecule has 0 N–H and O–H groups in total. The first-order valence-corrected chi connectivity index (χ1v) is 8.10. The Morgan fingerprint density at radius 3 is 2.00 bits per heavy atom. The summed E-state index contributed by atoms with van der Waals surface area (Å²) < 4.78 is 0. The van der Waals surface area contributed by atoms with Crippen molar-refractivity contribution in [2.45, 2.75) is 39.4 Å². The molecule has 2 aromatic rings. The molecular formula is C18H20BrCl. The summed E-state index contributed by atoms with van der Waals surface area (Å²) in [6.07, 6.45) is 0. The van der Waals surface area contributed by atoms with E-state index in [9.17, 15) is 0 Å². The summed E-state index contributed by atoms with van der Waals surface area (Å²) in [7, 11) is 0. The van der Waals surface area contributed by atoms with Crippen molar-refractivity contribution in [2.75, 3.05) is 0 Å². The van der Waals surface area contributed by atoms with Crippen LogP contribution >= 0.6 is 27.5 Å². The summed E-state index contributed by atoms with van der Waals surface area (Å²) >= 11 is 10.4. The Morgan fingerprint density at radius 1 is 0.900 bits per heavy atom. The fourth-order valence-electron chi connectivity index (χ4n) is 2.65. The summed E-state index contributed by atoms with van der Waals surface area (Å²) in [4.78, 5) is 0.133. The summed E-state index contributed by atoms with van der Waals surface area (Å²) in [6.45, 7) is 10.8. The van der Waals surface area contributed by atoms with Crippen LogP contribution in [0.5, 0.6) is 0 Å². The van der Waals surface area contributed by atoms with Crippen LogP contribution in [0.4, 0.5) is 0 Å². The van der Waals surface area contributed by atoms with Crippen LogP contribution in [0.15, 0.2) is 24.3 Å². The Hall–Kier alpha value is -0.790. The van der Waals surface area contributed by atoms with Crippen LogP contribution in [0.25, 0.3) is 0 Å². The monoisotopic (exact) mass is 350 g/mol. The zero-order chi connectivity index (χ0) is 15.0. The lowest BCUT2D eigenvalue weighted by Gasteiger charge is -2.21. The highest BCUT2D eigenvalue weighted by Gasteiger charge is 2.20. The van der Waals surface area contributed by atoms with Gasteiger partial charge in [-0.3, -0.25) is 0 Å². The molecule has 0 aliphatic rings. The first-order valence-electron chi connectivity index (χ1n) is 6.81. The summed E-state index contributed by atoms with van der Waals surface area (Å²) in [6, 6.07) is 8.47. The van der Waals surface area contributed by atoms with Gasteiger partial charge in [0.25, 0.3) is 0 Å². The maximum Gasteiger partial charge on any atom is 0.0664 e. The smallest absolute Gasteiger partial charge is 0.0664 e. The van der Waals surface area contributed by atoms with E-state index < -0.39 is 0 Å². The number of hydrogen-bond donors (Lipinski definition) is 0. The molecule has 0 aromatic heterocycles. The van der Waals surface area contributed by atoms with Crippen molar-refractivity contribution >= 4 is 27.5 Å². The van der Waals surface area contributed by atoms with Gasteiger partial charge in [-0.05, 0) is 73.6 Å². The van der Waals surface area contributed by atoms with Crippen LogP contribution in [0, 0.1) is 34.6 Å². The van der Waals surface area contributed by atoms with Gasteiger partial charge in [-0.1, -0.05) is 51.8 Å². The van der Waals surface area contributed by atoms with E-state index >= 15 is 0 Å². The van der Waals surface area contributed by atoms with E-state index in [0.29, 0.717) is 0 Å². The summed E-state index contributed by atoms with van der Waals surface area (Å²) in [5, 5.41) is 0.854. The van der Waals surface area contributed by atoms with Crippen molar-refractivity contribution in [3.05, 3.63) is 68.2 Å². The fraction of sp³-hybridized carbons (Fsp3) is 0.333. The first kappa shape index (κ1) is 15.6. The minimum atomic E-state index is 0.133. The summed E-state index contributed by atoms with van der Waals surface area (Å²) in [5.74, 6) is 0. The van der Waals surface area contributed by atoms with Gasteiger partial charge < -0.3 is 0 Å². The number of benzene rings is 2. The normalized spacial score (nSPS) is 12.6. The molecule has 0 nitrogen and oxygen atoms in total. The number of hydrogen-bond acceptors (Lipinski definition) is 0. The van der Waals surface area contributed by atoms with Crippen LogP contribution in [-0.4, -0.2) is 0 Å². The molecule has 0 amide bonds. The van der Waals surface area contributed by atoms with E-state index in [4.69, 9.17) is 11.6 Å². The van der Waals surface area contributed by atoms with Gasteiger partial charge in [-0.25, -0.2) is 0 Å². The lowest BCUT2D eigenvalue weighted by atomic mass is 9.90. The zero-order valence-electron chi connectivity index (χ0n) is 12.6. The van der Waals surface area contributed by atoms with Gasteiger partial charge in [0.05, 0.1) is 4.83 Å². The van der Waals surface area contributed by atoms with Crippen molar-refractivity contribution in [2.24, 2.45) is 0 Å². The highest BCUT2D eigenvalue weighted by molar-refractivity contribution is 9.09. The highest BCUT2D eigenvalue weighted by atomic mass is 79.9. The lowest BCUT2D eigenvalue weighted by Crippen LogP contribution is -2.04. The predicted molar refractivity (Wildman–Crippen MR) is 92.3 cm³/mol. The molecule has 0 bridgehead atoms. The van der Waals surface area contributed by atoms with E-state index in [-0.39, 0.29) is 4.83 Å². The Bertz CT molecular complexity index is 633. The van der Waals surface area contributed by atoms with Crippen LogP contribution in [0.3, 0.4) is 0 Å². The summed E-state index contributed by atoms with van der Waals surface area (Å²) in [5.41, 5.74) is 8.94. The van der Waals surface area contributed by atoms with Gasteiger partial charge >= 0.3 is 0 Å². The molecule has 0 spiro atoms. The minimum Gasteiger partial charge on any atom is -0.0837 e. The molecule has 2 rings (SSSR count). The Kier molecular flexibility index (Phi) is 4.61. The molecule has 2 heteroatoms. The maximum atomic E-state index is 6.49. The largest absolute Gasteiger partial charge is 0.0837 e. The lowest BCUT2D eigenvalue weighted by molar-refractivity contribution is 1.07. The molecule has 106 valence electrons. The molecule has 0 saturated carbocycles. The molecular weight excluding hydrogens is 332 g/mol. The average Bonchev–Trinajstić information content (AvgIpc) is 2.40. The fourth-order valence-corrected chi connectivity index (χ4v) is 4.08. The van der Waals surface area contributed by atoms with Crippen molar-refractivity contribution in [3.8, 4) is 0 Å². The third-order valence-corrected chi connectivity index (χ3v) is 5.64. The Balaban J connectivity index is 2.65. The quantitative estimate of drug-likeness (QED) is 0.552. The van der Waals surface area contributed by atoms with Gasteiger partial charge in [0.15, 0.2) is 0 Å². The number of rotatable bonds is 2. The zero-order valence-corrected chi connectivity index (χ0v) is 15.0. The van der Waals surface area contributed by atoms with E-state index in [1.807, 2.05) is 13.0 Å². The molecule has 0 radical (unpaired) electrons. The predicted octanol–water partition coefficient (Wildman–Crippen LogP) is 6.37. The second-order valence-corrected chi connectivity index (χ2v) is 6.81. The first-order chi connectivity index (χ1) is 9.34. The molecule has 1 unspecified atom stereocenters.